The van der Waals surface area contributed by atoms with E-state index >= 15 is 0 Å². The van der Waals surface area contributed by atoms with Crippen molar-refractivity contribution < 1.29 is 15.5 Å². The molecule has 0 spiro atoms. The fourth-order valence-corrected chi connectivity index (χ4v) is 2.50. The van der Waals surface area contributed by atoms with Crippen LogP contribution in [0.5, 0.6) is 5.75 Å². The summed E-state index contributed by atoms with van der Waals surface area (Å²) in [6.07, 6.45) is 11.9. The first-order chi connectivity index (χ1) is 10.7. The highest BCUT2D eigenvalue weighted by molar-refractivity contribution is 5.91. The predicted octanol–water partition coefficient (Wildman–Crippen LogP) is 4.30. The van der Waals surface area contributed by atoms with Crippen LogP contribution in [-0.2, 0) is 6.42 Å². The van der Waals surface area contributed by atoms with Gasteiger partial charge in [0.15, 0.2) is 0 Å². The van der Waals surface area contributed by atoms with Gasteiger partial charge in [-0.05, 0) is 30.5 Å². The van der Waals surface area contributed by atoms with Crippen LogP contribution in [0, 0.1) is 0 Å². The van der Waals surface area contributed by atoms with E-state index in [0.29, 0.717) is 11.1 Å². The molecule has 1 aromatic rings. The zero-order valence-electron chi connectivity index (χ0n) is 13.2. The maximum absolute atomic E-state index is 9.96. The van der Waals surface area contributed by atoms with Gasteiger partial charge >= 0.3 is 0 Å². The standard InChI is InChI=1S/C17H26N2O3/c1-2-3-4-5-6-7-8-9-14-10-15(12-18-21)17(20)16(11-14)13-19-22/h10-13,20-22H,2-9H2,1H3/b18-12+,19-13+. The molecule has 0 aromatic heterocycles. The highest BCUT2D eigenvalue weighted by Gasteiger charge is 2.08. The van der Waals surface area contributed by atoms with E-state index in [1.165, 1.54) is 51.0 Å². The Hall–Kier alpha value is -2.04. The first-order valence-corrected chi connectivity index (χ1v) is 7.93. The number of phenolic OH excluding ortho intramolecular Hbond substituents is 1. The Labute approximate surface area is 132 Å². The molecule has 0 heterocycles. The lowest BCUT2D eigenvalue weighted by Crippen LogP contribution is -1.95. The molecule has 0 fully saturated rings. The molecule has 0 amide bonds. The zero-order valence-corrected chi connectivity index (χ0v) is 13.2. The molecule has 0 radical (unpaired) electrons. The molecule has 0 saturated carbocycles. The number of unbranched alkanes of at least 4 members (excludes halogenated alkanes) is 6. The largest absolute Gasteiger partial charge is 0.507 e. The number of oxime groups is 2. The van der Waals surface area contributed by atoms with Crippen molar-refractivity contribution in [2.75, 3.05) is 0 Å². The molecule has 0 aliphatic heterocycles. The second-order valence-electron chi connectivity index (χ2n) is 5.48. The van der Waals surface area contributed by atoms with E-state index in [9.17, 15) is 5.11 Å². The van der Waals surface area contributed by atoms with Crippen LogP contribution in [-0.4, -0.2) is 28.0 Å². The minimum atomic E-state index is -0.0566. The lowest BCUT2D eigenvalue weighted by atomic mass is 9.99. The first-order valence-electron chi connectivity index (χ1n) is 7.93. The Bertz CT molecular complexity index is 466. The molecule has 5 heteroatoms. The molecule has 0 saturated heterocycles. The van der Waals surface area contributed by atoms with E-state index in [2.05, 4.69) is 17.2 Å². The van der Waals surface area contributed by atoms with Gasteiger partial charge in [-0.15, -0.1) is 0 Å². The van der Waals surface area contributed by atoms with Crippen molar-refractivity contribution in [2.45, 2.75) is 58.3 Å². The molecule has 0 aliphatic carbocycles. The van der Waals surface area contributed by atoms with Crippen LogP contribution in [0.15, 0.2) is 22.4 Å². The van der Waals surface area contributed by atoms with Crippen molar-refractivity contribution in [3.8, 4) is 5.75 Å². The first kappa shape index (κ1) is 18.0. The van der Waals surface area contributed by atoms with Gasteiger partial charge in [-0.1, -0.05) is 55.8 Å². The lowest BCUT2D eigenvalue weighted by molar-refractivity contribution is 0.321. The molecule has 22 heavy (non-hydrogen) atoms. The molecular weight excluding hydrogens is 280 g/mol. The summed E-state index contributed by atoms with van der Waals surface area (Å²) in [5.41, 5.74) is 1.85. The molecule has 5 nitrogen and oxygen atoms in total. The van der Waals surface area contributed by atoms with Crippen molar-refractivity contribution in [3.05, 3.63) is 28.8 Å². The number of aromatic hydroxyl groups is 1. The van der Waals surface area contributed by atoms with Crippen LogP contribution in [0.2, 0.25) is 0 Å². The van der Waals surface area contributed by atoms with Gasteiger partial charge in [-0.2, -0.15) is 0 Å². The average molecular weight is 306 g/mol. The van der Waals surface area contributed by atoms with Crippen LogP contribution in [0.25, 0.3) is 0 Å². The second kappa shape index (κ2) is 10.7. The van der Waals surface area contributed by atoms with Crippen molar-refractivity contribution in [1.82, 2.24) is 0 Å². The van der Waals surface area contributed by atoms with Crippen molar-refractivity contribution in [3.63, 3.8) is 0 Å². The van der Waals surface area contributed by atoms with Gasteiger partial charge in [0.1, 0.15) is 5.75 Å². The van der Waals surface area contributed by atoms with Gasteiger partial charge in [0.25, 0.3) is 0 Å². The van der Waals surface area contributed by atoms with Gasteiger partial charge in [0.05, 0.1) is 12.4 Å². The van der Waals surface area contributed by atoms with Crippen LogP contribution >= 0.6 is 0 Å². The van der Waals surface area contributed by atoms with Gasteiger partial charge in [0, 0.05) is 11.1 Å². The minimum Gasteiger partial charge on any atom is -0.507 e. The Morgan fingerprint density at radius 1 is 0.864 bits per heavy atom. The number of hydrogen-bond donors (Lipinski definition) is 3. The Morgan fingerprint density at radius 3 is 1.86 bits per heavy atom. The number of nitrogens with zero attached hydrogens (tertiary/aromatic N) is 2. The van der Waals surface area contributed by atoms with Crippen LogP contribution in [0.3, 0.4) is 0 Å². The summed E-state index contributed by atoms with van der Waals surface area (Å²) in [5.74, 6) is -0.0566. The van der Waals surface area contributed by atoms with E-state index < -0.39 is 0 Å². The predicted molar refractivity (Wildman–Crippen MR) is 88.6 cm³/mol. The van der Waals surface area contributed by atoms with E-state index in [1.807, 2.05) is 0 Å². The summed E-state index contributed by atoms with van der Waals surface area (Å²) >= 11 is 0. The van der Waals surface area contributed by atoms with Crippen molar-refractivity contribution in [2.24, 2.45) is 10.3 Å². The summed E-state index contributed by atoms with van der Waals surface area (Å²) in [6, 6.07) is 3.59. The fourth-order valence-electron chi connectivity index (χ4n) is 2.50. The zero-order chi connectivity index (χ0) is 16.2. The monoisotopic (exact) mass is 306 g/mol. The quantitative estimate of drug-likeness (QED) is 0.261. The second-order valence-corrected chi connectivity index (χ2v) is 5.48. The van der Waals surface area contributed by atoms with Crippen molar-refractivity contribution >= 4 is 12.4 Å². The number of benzene rings is 1. The number of aryl methyl sites for hydroxylation is 1. The van der Waals surface area contributed by atoms with E-state index in [-0.39, 0.29) is 5.75 Å². The van der Waals surface area contributed by atoms with E-state index in [0.717, 1.165) is 18.4 Å². The van der Waals surface area contributed by atoms with E-state index in [1.54, 1.807) is 12.1 Å². The highest BCUT2D eigenvalue weighted by Crippen LogP contribution is 2.23. The summed E-state index contributed by atoms with van der Waals surface area (Å²) in [7, 11) is 0. The van der Waals surface area contributed by atoms with Crippen LogP contribution in [0.4, 0.5) is 0 Å². The van der Waals surface area contributed by atoms with Gasteiger partial charge < -0.3 is 15.5 Å². The summed E-state index contributed by atoms with van der Waals surface area (Å²) in [5, 5.41) is 33.2. The van der Waals surface area contributed by atoms with Crippen LogP contribution in [0.1, 0.15) is 68.6 Å². The van der Waals surface area contributed by atoms with Gasteiger partial charge in [-0.3, -0.25) is 0 Å². The van der Waals surface area contributed by atoms with Gasteiger partial charge in [0.2, 0.25) is 0 Å². The Kier molecular flexibility index (Phi) is 8.72. The minimum absolute atomic E-state index is 0.0566. The number of rotatable bonds is 10. The maximum Gasteiger partial charge on any atom is 0.133 e. The molecule has 1 rings (SSSR count). The van der Waals surface area contributed by atoms with Gasteiger partial charge in [-0.25, -0.2) is 0 Å². The van der Waals surface area contributed by atoms with Crippen molar-refractivity contribution in [1.29, 1.82) is 0 Å². The number of hydrogen-bond acceptors (Lipinski definition) is 5. The third-order valence-electron chi connectivity index (χ3n) is 3.69. The average Bonchev–Trinajstić information content (AvgIpc) is 2.51. The Balaban J connectivity index is 2.59. The maximum atomic E-state index is 9.96. The topological polar surface area (TPSA) is 85.4 Å². The fraction of sp³-hybridized carbons (Fsp3) is 0.529. The van der Waals surface area contributed by atoms with Crippen LogP contribution < -0.4 is 0 Å². The van der Waals surface area contributed by atoms with E-state index in [4.69, 9.17) is 10.4 Å². The summed E-state index contributed by atoms with van der Waals surface area (Å²) < 4.78 is 0. The SMILES string of the molecule is CCCCCCCCCc1cc(/C=N/O)c(O)c(/C=N/O)c1. The molecule has 122 valence electrons. The molecular formula is C17H26N2O3. The smallest absolute Gasteiger partial charge is 0.133 e. The summed E-state index contributed by atoms with van der Waals surface area (Å²) in [4.78, 5) is 0. The normalized spacial score (nSPS) is 11.7. The molecule has 0 unspecified atom stereocenters. The lowest BCUT2D eigenvalue weighted by Gasteiger charge is -2.08. The summed E-state index contributed by atoms with van der Waals surface area (Å²) in [6.45, 7) is 2.21. The molecule has 0 bridgehead atoms. The third-order valence-corrected chi connectivity index (χ3v) is 3.69. The third kappa shape index (κ3) is 6.16. The molecule has 1 aromatic carbocycles. The molecule has 0 atom stereocenters. The number of phenols is 1. The molecule has 0 aliphatic rings. The highest BCUT2D eigenvalue weighted by atomic mass is 16.4. The Morgan fingerprint density at radius 2 is 1.36 bits per heavy atom. The molecule has 3 N–H and O–H groups in total.